The van der Waals surface area contributed by atoms with E-state index in [9.17, 15) is 0 Å². The lowest BCUT2D eigenvalue weighted by Gasteiger charge is -2.31. The second kappa shape index (κ2) is 6.21. The molecule has 1 fully saturated rings. The van der Waals surface area contributed by atoms with Crippen LogP contribution in [-0.4, -0.2) is 40.3 Å². The van der Waals surface area contributed by atoms with Crippen LogP contribution in [0.1, 0.15) is 18.4 Å². The van der Waals surface area contributed by atoms with Crippen LogP contribution in [-0.2, 0) is 6.54 Å². The molecule has 1 aromatic rings. The monoisotopic (exact) mass is 250 g/mol. The summed E-state index contributed by atoms with van der Waals surface area (Å²) in [5.41, 5.74) is 1.32. The zero-order chi connectivity index (χ0) is 13.0. The second-order valence-corrected chi connectivity index (χ2v) is 5.57. The van der Waals surface area contributed by atoms with Crippen LogP contribution < -0.4 is 14.5 Å². The maximum atomic E-state index is 5.43. The maximum absolute atomic E-state index is 5.43. The number of rotatable bonds is 4. The van der Waals surface area contributed by atoms with Gasteiger partial charge in [-0.3, -0.25) is 0 Å². The lowest BCUT2D eigenvalue weighted by molar-refractivity contribution is -0.948. The Hall–Kier alpha value is -1.06. The molecule has 3 heteroatoms. The molecule has 100 valence electrons. The van der Waals surface area contributed by atoms with Gasteiger partial charge in [0.25, 0.3) is 0 Å². The number of ether oxygens (including phenoxy) is 1. The van der Waals surface area contributed by atoms with Crippen molar-refractivity contribution >= 4 is 0 Å². The molecule has 18 heavy (non-hydrogen) atoms. The molecule has 1 aliphatic heterocycles. The van der Waals surface area contributed by atoms with E-state index in [-0.39, 0.29) is 0 Å². The third kappa shape index (κ3) is 3.24. The van der Waals surface area contributed by atoms with Crippen molar-refractivity contribution in [3.8, 4) is 5.75 Å². The molecule has 1 aromatic carbocycles. The third-order valence-electron chi connectivity index (χ3n) is 4.20. The van der Waals surface area contributed by atoms with Crippen LogP contribution in [0.15, 0.2) is 24.3 Å². The van der Waals surface area contributed by atoms with Gasteiger partial charge in [-0.15, -0.1) is 0 Å². The highest BCUT2D eigenvalue weighted by Gasteiger charge is 2.26. The fraction of sp³-hybridized carbons (Fsp3) is 0.600. The van der Waals surface area contributed by atoms with Crippen LogP contribution in [0.4, 0.5) is 0 Å². The first-order valence-electron chi connectivity index (χ1n) is 6.96. The molecule has 0 spiro atoms. The molecule has 1 atom stereocenters. The molecule has 3 nitrogen and oxygen atoms in total. The Morgan fingerprint density at radius 2 is 1.94 bits per heavy atom. The molecule has 0 saturated carbocycles. The van der Waals surface area contributed by atoms with E-state index < -0.39 is 0 Å². The van der Waals surface area contributed by atoms with Gasteiger partial charge in [-0.1, -0.05) is 12.1 Å². The zero-order valence-corrected chi connectivity index (χ0v) is 11.8. The molecular weight excluding hydrogens is 224 g/mol. The van der Waals surface area contributed by atoms with Gasteiger partial charge in [-0.25, -0.2) is 0 Å². The first-order valence-corrected chi connectivity index (χ1v) is 6.96. The van der Waals surface area contributed by atoms with Crippen molar-refractivity contribution in [2.75, 3.05) is 34.3 Å². The Morgan fingerprint density at radius 1 is 1.28 bits per heavy atom. The van der Waals surface area contributed by atoms with Crippen molar-refractivity contribution < 1.29 is 14.5 Å². The summed E-state index contributed by atoms with van der Waals surface area (Å²) < 4.78 is 5.43. The van der Waals surface area contributed by atoms with Crippen LogP contribution >= 0.6 is 0 Å². The fourth-order valence-corrected chi connectivity index (χ4v) is 2.90. The Bertz CT molecular complexity index is 373. The minimum absolute atomic E-state index is 0.804. The summed E-state index contributed by atoms with van der Waals surface area (Å²) in [6.07, 6.45) is 2.68. The number of nitrogens with one attached hydrogen (secondary N) is 2. The van der Waals surface area contributed by atoms with Crippen molar-refractivity contribution in [2.45, 2.75) is 25.4 Å². The normalized spacial score (nSPS) is 25.7. The number of piperidine rings is 1. The van der Waals surface area contributed by atoms with Crippen molar-refractivity contribution in [1.82, 2.24) is 0 Å². The quantitative estimate of drug-likeness (QED) is 0.729. The highest BCUT2D eigenvalue weighted by atomic mass is 16.5. The predicted octanol–water partition coefficient (Wildman–Crippen LogP) is -0.613. The van der Waals surface area contributed by atoms with Gasteiger partial charge in [-0.05, 0) is 12.1 Å². The van der Waals surface area contributed by atoms with Gasteiger partial charge >= 0.3 is 0 Å². The molecule has 0 aliphatic carbocycles. The Morgan fingerprint density at radius 3 is 2.61 bits per heavy atom. The smallest absolute Gasteiger partial charge is 0.127 e. The first kappa shape index (κ1) is 13.4. The lowest BCUT2D eigenvalue weighted by atomic mass is 10.0. The van der Waals surface area contributed by atoms with E-state index in [1.807, 2.05) is 6.07 Å². The number of methoxy groups -OCH3 is 1. The van der Waals surface area contributed by atoms with Crippen molar-refractivity contribution in [3.63, 3.8) is 0 Å². The highest BCUT2D eigenvalue weighted by molar-refractivity contribution is 5.32. The molecule has 2 rings (SSSR count). The van der Waals surface area contributed by atoms with E-state index in [4.69, 9.17) is 4.74 Å². The molecule has 1 aliphatic rings. The molecule has 0 amide bonds. The summed E-state index contributed by atoms with van der Waals surface area (Å²) in [4.78, 5) is 3.29. The predicted molar refractivity (Wildman–Crippen MR) is 73.2 cm³/mol. The summed E-state index contributed by atoms with van der Waals surface area (Å²) >= 11 is 0. The number of benzene rings is 1. The average Bonchev–Trinajstić information content (AvgIpc) is 2.40. The molecular formula is C15H26N2O+2. The Kier molecular flexibility index (Phi) is 4.61. The van der Waals surface area contributed by atoms with Gasteiger partial charge in [0.15, 0.2) is 0 Å². The van der Waals surface area contributed by atoms with E-state index in [0.717, 1.165) is 18.3 Å². The third-order valence-corrected chi connectivity index (χ3v) is 4.20. The standard InChI is InChI=1S/C15H24N2O/c1-16-10-8-14(9-11-16)17(2)12-13-6-4-5-7-15(13)18-3/h4-7,14H,8-12H2,1-3H3/p+2. The minimum atomic E-state index is 0.804. The maximum Gasteiger partial charge on any atom is 0.127 e. The SMILES string of the molecule is COc1ccccc1C[NH+](C)C1CC[NH+](C)CC1. The average molecular weight is 250 g/mol. The van der Waals surface area contributed by atoms with E-state index in [1.54, 1.807) is 16.9 Å². The van der Waals surface area contributed by atoms with Gasteiger partial charge in [0.1, 0.15) is 12.3 Å². The summed E-state index contributed by atoms with van der Waals surface area (Å²) in [6.45, 7) is 3.69. The number of para-hydroxylation sites is 1. The number of hydrogen-bond donors (Lipinski definition) is 2. The lowest BCUT2D eigenvalue weighted by Crippen LogP contribution is -3.17. The minimum Gasteiger partial charge on any atom is -0.496 e. The van der Waals surface area contributed by atoms with Crippen molar-refractivity contribution in [2.24, 2.45) is 0 Å². The van der Waals surface area contributed by atoms with Crippen LogP contribution in [0.2, 0.25) is 0 Å². The van der Waals surface area contributed by atoms with Crippen LogP contribution in [0, 0.1) is 0 Å². The number of quaternary nitrogens is 2. The molecule has 1 saturated heterocycles. The highest BCUT2D eigenvalue weighted by Crippen LogP contribution is 2.16. The van der Waals surface area contributed by atoms with Crippen LogP contribution in [0.25, 0.3) is 0 Å². The molecule has 1 heterocycles. The molecule has 0 aromatic heterocycles. The van der Waals surface area contributed by atoms with Gasteiger partial charge in [0.2, 0.25) is 0 Å². The fourth-order valence-electron chi connectivity index (χ4n) is 2.90. The topological polar surface area (TPSA) is 18.1 Å². The van der Waals surface area contributed by atoms with Crippen molar-refractivity contribution in [3.05, 3.63) is 29.8 Å². The van der Waals surface area contributed by atoms with Gasteiger partial charge < -0.3 is 14.5 Å². The molecule has 0 radical (unpaired) electrons. The largest absolute Gasteiger partial charge is 0.496 e. The van der Waals surface area contributed by atoms with Crippen molar-refractivity contribution in [1.29, 1.82) is 0 Å². The second-order valence-electron chi connectivity index (χ2n) is 5.57. The van der Waals surface area contributed by atoms with E-state index in [2.05, 4.69) is 32.3 Å². The molecule has 2 N–H and O–H groups in total. The summed E-state index contributed by atoms with van der Waals surface area (Å²) in [7, 11) is 6.37. The van der Waals surface area contributed by atoms with Crippen LogP contribution in [0.5, 0.6) is 5.75 Å². The van der Waals surface area contributed by atoms with E-state index in [0.29, 0.717) is 0 Å². The number of likely N-dealkylation sites (tertiary alicyclic amines) is 1. The summed E-state index contributed by atoms with van der Waals surface area (Å²) in [5, 5.41) is 0. The molecule has 0 bridgehead atoms. The van der Waals surface area contributed by atoms with Gasteiger partial charge in [0.05, 0.1) is 40.3 Å². The Labute approximate surface area is 110 Å². The zero-order valence-electron chi connectivity index (χ0n) is 11.8. The Balaban J connectivity index is 1.96. The van der Waals surface area contributed by atoms with Gasteiger partial charge in [-0.2, -0.15) is 0 Å². The van der Waals surface area contributed by atoms with Crippen LogP contribution in [0.3, 0.4) is 0 Å². The first-order chi connectivity index (χ1) is 8.70. The van der Waals surface area contributed by atoms with E-state index >= 15 is 0 Å². The van der Waals surface area contributed by atoms with Gasteiger partial charge in [0, 0.05) is 18.4 Å². The molecule has 1 unspecified atom stereocenters. The number of hydrogen-bond acceptors (Lipinski definition) is 1. The van der Waals surface area contributed by atoms with E-state index in [1.165, 1.54) is 31.5 Å². The summed E-state index contributed by atoms with van der Waals surface area (Å²) in [6, 6.07) is 9.18. The summed E-state index contributed by atoms with van der Waals surface area (Å²) in [5.74, 6) is 1.02.